The van der Waals surface area contributed by atoms with Crippen molar-refractivity contribution < 1.29 is 31.5 Å². The normalized spacial score (nSPS) is 15.5. The number of carbonyl (C=O) groups is 2. The molecular formula is C23H26F2N2O5S. The van der Waals surface area contributed by atoms with E-state index in [1.807, 2.05) is 0 Å². The van der Waals surface area contributed by atoms with Crippen molar-refractivity contribution in [1.29, 1.82) is 0 Å². The van der Waals surface area contributed by atoms with E-state index in [0.29, 0.717) is 24.6 Å². The van der Waals surface area contributed by atoms with Gasteiger partial charge in [0, 0.05) is 12.2 Å². The van der Waals surface area contributed by atoms with Crippen LogP contribution in [0.5, 0.6) is 0 Å². The van der Waals surface area contributed by atoms with Gasteiger partial charge in [0.25, 0.3) is 15.9 Å². The molecule has 3 rings (SSSR count). The molecule has 1 aliphatic carbocycles. The number of benzene rings is 2. The highest BCUT2D eigenvalue weighted by molar-refractivity contribution is 7.92. The minimum atomic E-state index is -4.22. The molecule has 2 aromatic carbocycles. The molecule has 10 heteroatoms. The van der Waals surface area contributed by atoms with Crippen LogP contribution < -0.4 is 10.0 Å². The Hall–Kier alpha value is -3.01. The van der Waals surface area contributed by atoms with E-state index in [4.69, 9.17) is 4.74 Å². The maximum atomic E-state index is 13.4. The quantitative estimate of drug-likeness (QED) is 0.556. The zero-order chi connectivity index (χ0) is 24.0. The second kappa shape index (κ2) is 10.7. The molecule has 0 spiro atoms. The van der Waals surface area contributed by atoms with Gasteiger partial charge >= 0.3 is 5.97 Å². The number of nitrogens with one attached hydrogen (secondary N) is 2. The van der Waals surface area contributed by atoms with Crippen LogP contribution in [0.3, 0.4) is 0 Å². The van der Waals surface area contributed by atoms with Crippen LogP contribution in [0.2, 0.25) is 0 Å². The molecule has 7 nitrogen and oxygen atoms in total. The van der Waals surface area contributed by atoms with Gasteiger partial charge in [-0.2, -0.15) is 0 Å². The first kappa shape index (κ1) is 24.6. The van der Waals surface area contributed by atoms with E-state index in [-0.39, 0.29) is 11.3 Å². The third kappa shape index (κ3) is 6.74. The second-order valence-corrected chi connectivity index (χ2v) is 9.74. The fraction of sp³-hybridized carbons (Fsp3) is 0.391. The summed E-state index contributed by atoms with van der Waals surface area (Å²) in [5.74, 6) is -3.24. The number of anilines is 1. The summed E-state index contributed by atoms with van der Waals surface area (Å²) in [4.78, 5) is 24.3. The number of amides is 1. The van der Waals surface area contributed by atoms with E-state index in [9.17, 15) is 26.8 Å². The molecule has 2 aromatic rings. The van der Waals surface area contributed by atoms with Crippen LogP contribution >= 0.6 is 0 Å². The van der Waals surface area contributed by atoms with E-state index in [2.05, 4.69) is 10.0 Å². The lowest BCUT2D eigenvalue weighted by atomic mass is 9.89. The van der Waals surface area contributed by atoms with Gasteiger partial charge in [-0.15, -0.1) is 0 Å². The van der Waals surface area contributed by atoms with Crippen molar-refractivity contribution in [1.82, 2.24) is 5.32 Å². The van der Waals surface area contributed by atoms with E-state index < -0.39 is 44.5 Å². The Bertz CT molecular complexity index is 1120. The van der Waals surface area contributed by atoms with Crippen molar-refractivity contribution in [2.24, 2.45) is 5.92 Å². The van der Waals surface area contributed by atoms with E-state index in [0.717, 1.165) is 31.7 Å². The maximum Gasteiger partial charge on any atom is 0.338 e. The summed E-state index contributed by atoms with van der Waals surface area (Å²) >= 11 is 0. The first-order valence-corrected chi connectivity index (χ1v) is 12.2. The van der Waals surface area contributed by atoms with Gasteiger partial charge < -0.3 is 10.1 Å². The van der Waals surface area contributed by atoms with Crippen LogP contribution in [0.1, 0.15) is 49.4 Å². The van der Waals surface area contributed by atoms with Crippen molar-refractivity contribution in [3.63, 3.8) is 0 Å². The lowest BCUT2D eigenvalue weighted by Gasteiger charge is -2.22. The Labute approximate surface area is 191 Å². The Kier molecular flexibility index (Phi) is 8.01. The molecule has 178 valence electrons. The Morgan fingerprint density at radius 2 is 1.79 bits per heavy atom. The number of esters is 1. The highest BCUT2D eigenvalue weighted by Gasteiger charge is 2.22. The van der Waals surface area contributed by atoms with E-state index in [1.165, 1.54) is 37.6 Å². The second-order valence-electron chi connectivity index (χ2n) is 8.06. The predicted molar refractivity (Wildman–Crippen MR) is 118 cm³/mol. The van der Waals surface area contributed by atoms with Gasteiger partial charge in [-0.05, 0) is 62.1 Å². The van der Waals surface area contributed by atoms with Gasteiger partial charge in [0.05, 0.1) is 10.5 Å². The highest BCUT2D eigenvalue weighted by atomic mass is 32.2. The van der Waals surface area contributed by atoms with Crippen LogP contribution in [-0.2, 0) is 19.6 Å². The van der Waals surface area contributed by atoms with Crippen LogP contribution in [0.4, 0.5) is 14.5 Å². The molecule has 1 fully saturated rings. The first-order valence-electron chi connectivity index (χ1n) is 10.7. The zero-order valence-electron chi connectivity index (χ0n) is 18.1. The number of carbonyl (C=O) groups excluding carboxylic acids is 2. The minimum Gasteiger partial charge on any atom is -0.449 e. The molecular weight excluding hydrogens is 454 g/mol. The van der Waals surface area contributed by atoms with Gasteiger partial charge in [0.15, 0.2) is 17.7 Å². The average Bonchev–Trinajstić information content (AvgIpc) is 2.79. The third-order valence-corrected chi connectivity index (χ3v) is 6.87. The predicted octanol–water partition coefficient (Wildman–Crippen LogP) is 4.01. The smallest absolute Gasteiger partial charge is 0.338 e. The molecule has 33 heavy (non-hydrogen) atoms. The van der Waals surface area contributed by atoms with E-state index >= 15 is 0 Å². The van der Waals surface area contributed by atoms with Crippen molar-refractivity contribution in [3.05, 3.63) is 59.7 Å². The average molecular weight is 481 g/mol. The van der Waals surface area contributed by atoms with Gasteiger partial charge in [-0.25, -0.2) is 22.0 Å². The van der Waals surface area contributed by atoms with Crippen molar-refractivity contribution in [2.75, 3.05) is 11.3 Å². The molecule has 0 aromatic heterocycles. The van der Waals surface area contributed by atoms with Gasteiger partial charge in [-0.1, -0.05) is 25.3 Å². The lowest BCUT2D eigenvalue weighted by Crippen LogP contribution is -2.38. The van der Waals surface area contributed by atoms with E-state index in [1.54, 1.807) is 0 Å². The van der Waals surface area contributed by atoms with Crippen LogP contribution in [-0.4, -0.2) is 32.9 Å². The summed E-state index contributed by atoms with van der Waals surface area (Å²) in [6, 6.07) is 7.63. The summed E-state index contributed by atoms with van der Waals surface area (Å²) in [6.07, 6.45) is 4.64. The van der Waals surface area contributed by atoms with Gasteiger partial charge in [0.1, 0.15) is 0 Å². The fourth-order valence-corrected chi connectivity index (χ4v) is 4.69. The summed E-state index contributed by atoms with van der Waals surface area (Å²) in [7, 11) is -4.22. The van der Waals surface area contributed by atoms with Gasteiger partial charge in [0.2, 0.25) is 0 Å². The molecule has 0 radical (unpaired) electrons. The zero-order valence-corrected chi connectivity index (χ0v) is 19.0. The maximum absolute atomic E-state index is 13.4. The molecule has 1 unspecified atom stereocenters. The molecule has 1 amide bonds. The number of hydrogen-bond donors (Lipinski definition) is 2. The first-order chi connectivity index (χ1) is 15.7. The molecule has 1 atom stereocenters. The Morgan fingerprint density at radius 1 is 1.06 bits per heavy atom. The Balaban J connectivity index is 1.60. The summed E-state index contributed by atoms with van der Waals surface area (Å²) in [5.41, 5.74) is 0.0380. The summed E-state index contributed by atoms with van der Waals surface area (Å²) < 4.78 is 58.8. The monoisotopic (exact) mass is 480 g/mol. The largest absolute Gasteiger partial charge is 0.449 e. The summed E-state index contributed by atoms with van der Waals surface area (Å²) in [6.45, 7) is 2.01. The molecule has 1 saturated carbocycles. The molecule has 2 N–H and O–H groups in total. The van der Waals surface area contributed by atoms with Crippen LogP contribution in [0.15, 0.2) is 47.4 Å². The number of ether oxygens (including phenoxy) is 1. The number of halogens is 2. The lowest BCUT2D eigenvalue weighted by molar-refractivity contribution is -0.129. The topological polar surface area (TPSA) is 102 Å². The molecule has 0 aliphatic heterocycles. The number of rotatable bonds is 8. The van der Waals surface area contributed by atoms with Crippen LogP contribution in [0.25, 0.3) is 0 Å². The minimum absolute atomic E-state index is 0.0172. The summed E-state index contributed by atoms with van der Waals surface area (Å²) in [5, 5.41) is 2.81. The standard InChI is InChI=1S/C23H26F2N2O5S/c1-15(22(28)26-14-16-6-3-2-4-7-16)32-23(29)17-8-5-9-18(12-17)27-33(30,31)19-10-11-20(24)21(25)13-19/h5,8-13,15-16,27H,2-4,6-7,14H2,1H3,(H,26,28). The molecule has 0 saturated heterocycles. The molecule has 0 bridgehead atoms. The Morgan fingerprint density at radius 3 is 2.48 bits per heavy atom. The van der Waals surface area contributed by atoms with Crippen molar-refractivity contribution in [2.45, 2.75) is 50.0 Å². The van der Waals surface area contributed by atoms with Crippen molar-refractivity contribution >= 4 is 27.6 Å². The third-order valence-electron chi connectivity index (χ3n) is 5.49. The number of hydrogen-bond acceptors (Lipinski definition) is 5. The SMILES string of the molecule is CC(OC(=O)c1cccc(NS(=O)(=O)c2ccc(F)c(F)c2)c1)C(=O)NCC1CCCCC1. The molecule has 1 aliphatic rings. The van der Waals surface area contributed by atoms with Gasteiger partial charge in [-0.3, -0.25) is 9.52 Å². The van der Waals surface area contributed by atoms with Crippen molar-refractivity contribution in [3.8, 4) is 0 Å². The highest BCUT2D eigenvalue weighted by Crippen LogP contribution is 2.23. The van der Waals surface area contributed by atoms with Crippen LogP contribution in [0, 0.1) is 17.6 Å². The molecule has 0 heterocycles. The fourth-order valence-electron chi connectivity index (χ4n) is 3.63. The number of sulfonamides is 1.